The number of para-hydroxylation sites is 2. The summed E-state index contributed by atoms with van der Waals surface area (Å²) < 4.78 is 1.54. The fraction of sp³-hybridized carbons (Fsp3) is 0.250. The van der Waals surface area contributed by atoms with E-state index in [-0.39, 0.29) is 17.0 Å². The Bertz CT molecular complexity index is 949. The van der Waals surface area contributed by atoms with Crippen molar-refractivity contribution in [2.45, 2.75) is 31.3 Å². The summed E-state index contributed by atoms with van der Waals surface area (Å²) in [5.74, 6) is -0.615. The highest BCUT2D eigenvalue weighted by Crippen LogP contribution is 2.27. The van der Waals surface area contributed by atoms with Gasteiger partial charge < -0.3 is 5.11 Å². The summed E-state index contributed by atoms with van der Waals surface area (Å²) in [6.07, 6.45) is 3.30. The molecule has 0 aliphatic heterocycles. The van der Waals surface area contributed by atoms with Gasteiger partial charge in [0.2, 0.25) is 0 Å². The van der Waals surface area contributed by atoms with E-state index in [1.165, 1.54) is 22.4 Å². The standard InChI is InChI=1S/C20H20N2O3S/c1-2-3-8-13-26-20-21-16-11-6-7-12-17(16)22(20)18(23)14-9-4-5-10-15(14)19(24)25/h4-7,9-12H,2-3,8,13H2,1H3,(H,24,25). The Kier molecular flexibility index (Phi) is 5.73. The number of hydrogen-bond acceptors (Lipinski definition) is 4. The minimum atomic E-state index is -1.12. The molecule has 1 N–H and O–H groups in total. The van der Waals surface area contributed by atoms with Gasteiger partial charge in [-0.3, -0.25) is 9.36 Å². The van der Waals surface area contributed by atoms with Crippen molar-refractivity contribution in [3.63, 3.8) is 0 Å². The lowest BCUT2D eigenvalue weighted by Gasteiger charge is -2.09. The fourth-order valence-electron chi connectivity index (χ4n) is 2.79. The Morgan fingerprint density at radius 1 is 1.04 bits per heavy atom. The second kappa shape index (κ2) is 8.19. The van der Waals surface area contributed by atoms with Crippen molar-refractivity contribution in [3.05, 3.63) is 59.7 Å². The predicted molar refractivity (Wildman–Crippen MR) is 103 cm³/mol. The maximum Gasteiger partial charge on any atom is 0.336 e. The molecule has 6 heteroatoms. The van der Waals surface area contributed by atoms with Crippen molar-refractivity contribution < 1.29 is 14.7 Å². The van der Waals surface area contributed by atoms with Crippen LogP contribution in [0.3, 0.4) is 0 Å². The molecule has 0 radical (unpaired) electrons. The molecule has 0 aliphatic carbocycles. The molecule has 3 aromatic rings. The molecule has 0 saturated heterocycles. The van der Waals surface area contributed by atoms with Crippen LogP contribution in [0.25, 0.3) is 11.0 Å². The number of imidazole rings is 1. The Hall–Kier alpha value is -2.60. The zero-order valence-corrected chi connectivity index (χ0v) is 15.3. The molecular formula is C20H20N2O3S. The van der Waals surface area contributed by atoms with Crippen LogP contribution in [0.4, 0.5) is 0 Å². The van der Waals surface area contributed by atoms with E-state index in [9.17, 15) is 14.7 Å². The number of hydrogen-bond donors (Lipinski definition) is 1. The number of aromatic nitrogens is 2. The second-order valence-electron chi connectivity index (χ2n) is 5.93. The van der Waals surface area contributed by atoms with Gasteiger partial charge in [-0.15, -0.1) is 0 Å². The lowest BCUT2D eigenvalue weighted by Crippen LogP contribution is -2.17. The van der Waals surface area contributed by atoms with Gasteiger partial charge in [0.05, 0.1) is 22.2 Å². The highest BCUT2D eigenvalue weighted by Gasteiger charge is 2.22. The van der Waals surface area contributed by atoms with E-state index in [0.29, 0.717) is 10.7 Å². The maximum atomic E-state index is 13.2. The number of benzene rings is 2. The first kappa shape index (κ1) is 18.2. The topological polar surface area (TPSA) is 72.2 Å². The SMILES string of the molecule is CCCCCSc1nc2ccccc2n1C(=O)c1ccccc1C(=O)O. The van der Waals surface area contributed by atoms with E-state index < -0.39 is 5.97 Å². The quantitative estimate of drug-likeness (QED) is 0.483. The van der Waals surface area contributed by atoms with E-state index in [0.717, 1.165) is 30.5 Å². The van der Waals surface area contributed by atoms with Gasteiger partial charge in [0.15, 0.2) is 5.16 Å². The number of rotatable bonds is 7. The zero-order chi connectivity index (χ0) is 18.5. The molecule has 0 atom stereocenters. The van der Waals surface area contributed by atoms with Crippen LogP contribution in [0.5, 0.6) is 0 Å². The van der Waals surface area contributed by atoms with Gasteiger partial charge in [0.25, 0.3) is 5.91 Å². The Morgan fingerprint density at radius 3 is 2.46 bits per heavy atom. The highest BCUT2D eigenvalue weighted by molar-refractivity contribution is 7.99. The summed E-state index contributed by atoms with van der Waals surface area (Å²) >= 11 is 1.53. The van der Waals surface area contributed by atoms with Crippen molar-refractivity contribution in [1.82, 2.24) is 9.55 Å². The fourth-order valence-corrected chi connectivity index (χ4v) is 3.79. The summed E-state index contributed by atoms with van der Waals surface area (Å²) in [5.41, 5.74) is 1.58. The number of unbranched alkanes of at least 4 members (excludes halogenated alkanes) is 2. The number of fused-ring (bicyclic) bond motifs is 1. The lowest BCUT2D eigenvalue weighted by atomic mass is 10.1. The third-order valence-corrected chi connectivity index (χ3v) is 5.12. The number of aromatic carboxylic acids is 1. The monoisotopic (exact) mass is 368 g/mol. The molecule has 26 heavy (non-hydrogen) atoms. The van der Waals surface area contributed by atoms with Crippen molar-refractivity contribution in [1.29, 1.82) is 0 Å². The van der Waals surface area contributed by atoms with Crippen molar-refractivity contribution in [2.75, 3.05) is 5.75 Å². The molecule has 0 unspecified atom stereocenters. The molecular weight excluding hydrogens is 348 g/mol. The average molecular weight is 368 g/mol. The van der Waals surface area contributed by atoms with Crippen molar-refractivity contribution >= 4 is 34.7 Å². The van der Waals surface area contributed by atoms with Crippen molar-refractivity contribution in [3.8, 4) is 0 Å². The van der Waals surface area contributed by atoms with Crippen LogP contribution in [0.1, 0.15) is 46.9 Å². The first-order valence-corrected chi connectivity index (χ1v) is 9.59. The number of nitrogens with zero attached hydrogens (tertiary/aromatic N) is 2. The normalized spacial score (nSPS) is 11.0. The Balaban J connectivity index is 2.05. The minimum Gasteiger partial charge on any atom is -0.478 e. The molecule has 0 aliphatic rings. The molecule has 0 amide bonds. The lowest BCUT2D eigenvalue weighted by molar-refractivity contribution is 0.0691. The summed E-state index contributed by atoms with van der Waals surface area (Å²) in [7, 11) is 0. The van der Waals surface area contributed by atoms with Gasteiger partial charge in [0, 0.05) is 5.75 Å². The van der Waals surface area contributed by atoms with E-state index in [1.54, 1.807) is 18.2 Å². The zero-order valence-electron chi connectivity index (χ0n) is 14.5. The van der Waals surface area contributed by atoms with E-state index in [2.05, 4.69) is 11.9 Å². The number of carboxylic acids is 1. The second-order valence-corrected chi connectivity index (χ2v) is 6.99. The Labute approximate surface area is 156 Å². The van der Waals surface area contributed by atoms with Crippen LogP contribution in [0.15, 0.2) is 53.7 Å². The first-order chi connectivity index (χ1) is 12.6. The van der Waals surface area contributed by atoms with Crippen LogP contribution in [0, 0.1) is 0 Å². The molecule has 5 nitrogen and oxygen atoms in total. The molecule has 1 heterocycles. The van der Waals surface area contributed by atoms with Gasteiger partial charge in [0.1, 0.15) is 0 Å². The van der Waals surface area contributed by atoms with Gasteiger partial charge >= 0.3 is 5.97 Å². The molecule has 0 bridgehead atoms. The number of carbonyl (C=O) groups excluding carboxylic acids is 1. The summed E-state index contributed by atoms with van der Waals surface area (Å²) in [6.45, 7) is 2.15. The third-order valence-electron chi connectivity index (χ3n) is 4.10. The number of carboxylic acid groups (broad SMARTS) is 1. The van der Waals surface area contributed by atoms with Gasteiger partial charge in [-0.2, -0.15) is 0 Å². The van der Waals surface area contributed by atoms with E-state index >= 15 is 0 Å². The predicted octanol–water partition coefficient (Wildman–Crippen LogP) is 4.71. The van der Waals surface area contributed by atoms with Crippen LogP contribution >= 0.6 is 11.8 Å². The smallest absolute Gasteiger partial charge is 0.336 e. The maximum absolute atomic E-state index is 13.2. The van der Waals surface area contributed by atoms with Gasteiger partial charge in [-0.1, -0.05) is 55.8 Å². The number of carbonyl (C=O) groups is 2. The molecule has 1 aromatic heterocycles. The first-order valence-electron chi connectivity index (χ1n) is 8.60. The Morgan fingerprint density at radius 2 is 1.73 bits per heavy atom. The van der Waals surface area contributed by atoms with E-state index in [4.69, 9.17) is 0 Å². The summed E-state index contributed by atoms with van der Waals surface area (Å²) in [5, 5.41) is 10.0. The van der Waals surface area contributed by atoms with Crippen LogP contribution in [0.2, 0.25) is 0 Å². The third kappa shape index (κ3) is 3.65. The van der Waals surface area contributed by atoms with Crippen LogP contribution < -0.4 is 0 Å². The molecule has 0 spiro atoms. The largest absolute Gasteiger partial charge is 0.478 e. The van der Waals surface area contributed by atoms with Gasteiger partial charge in [-0.25, -0.2) is 9.78 Å². The minimum absolute atomic E-state index is 0.00258. The van der Waals surface area contributed by atoms with Gasteiger partial charge in [-0.05, 0) is 30.7 Å². The summed E-state index contributed by atoms with van der Waals surface area (Å²) in [4.78, 5) is 29.3. The van der Waals surface area contributed by atoms with E-state index in [1.807, 2.05) is 24.3 Å². The molecule has 0 fully saturated rings. The molecule has 2 aromatic carbocycles. The van der Waals surface area contributed by atoms with Crippen LogP contribution in [-0.4, -0.2) is 32.3 Å². The van der Waals surface area contributed by atoms with Crippen LogP contribution in [-0.2, 0) is 0 Å². The molecule has 3 rings (SSSR count). The number of thioether (sulfide) groups is 1. The average Bonchev–Trinajstić information content (AvgIpc) is 3.03. The highest BCUT2D eigenvalue weighted by atomic mass is 32.2. The van der Waals surface area contributed by atoms with Crippen molar-refractivity contribution in [2.24, 2.45) is 0 Å². The molecule has 0 saturated carbocycles. The molecule has 134 valence electrons. The summed E-state index contributed by atoms with van der Waals surface area (Å²) in [6, 6.07) is 13.7.